The van der Waals surface area contributed by atoms with Gasteiger partial charge in [-0.25, -0.2) is 4.39 Å². The van der Waals surface area contributed by atoms with Gasteiger partial charge in [-0.3, -0.25) is 4.79 Å². The summed E-state index contributed by atoms with van der Waals surface area (Å²) in [6.45, 7) is 4.07. The number of hydrogen-bond acceptors (Lipinski definition) is 2. The number of aryl methyl sites for hydroxylation is 2. The molecule has 2 aliphatic heterocycles. The highest BCUT2D eigenvalue weighted by Gasteiger charge is 2.25. The van der Waals surface area contributed by atoms with E-state index in [1.165, 1.54) is 11.1 Å². The Hall–Kier alpha value is -2.66. The minimum atomic E-state index is -0.155. The van der Waals surface area contributed by atoms with Crippen molar-refractivity contribution in [1.82, 2.24) is 9.47 Å². The van der Waals surface area contributed by atoms with E-state index in [0.717, 1.165) is 74.9 Å². The Balaban J connectivity index is 1.12. The molecule has 0 N–H and O–H groups in total. The normalized spacial score (nSPS) is 17.8. The number of halogens is 1. The van der Waals surface area contributed by atoms with E-state index in [2.05, 4.69) is 33.9 Å². The highest BCUT2D eigenvalue weighted by atomic mass is 19.1. The molecule has 3 heterocycles. The van der Waals surface area contributed by atoms with Crippen LogP contribution in [0.3, 0.4) is 0 Å². The van der Waals surface area contributed by atoms with E-state index in [1.807, 2.05) is 24.1 Å². The van der Waals surface area contributed by atoms with Crippen molar-refractivity contribution in [2.24, 2.45) is 7.05 Å². The van der Waals surface area contributed by atoms with Crippen molar-refractivity contribution in [1.29, 1.82) is 0 Å². The standard InChI is InChI=1S/C27H32FN3O/c1-29-19-24(23-18-22(28)9-10-26(23)29)20-12-16-30(17-13-20)14-4-5-15-31-25-7-3-2-6-21(25)8-11-27(31)32/h2-3,6-7,9-10,18-20H,4-5,8,11-17H2,1H3. The lowest BCUT2D eigenvalue weighted by atomic mass is 9.89. The first-order valence-corrected chi connectivity index (χ1v) is 12.0. The van der Waals surface area contributed by atoms with Gasteiger partial charge in [0.15, 0.2) is 0 Å². The molecule has 1 aromatic heterocycles. The number of anilines is 1. The molecule has 2 aromatic carbocycles. The van der Waals surface area contributed by atoms with Crippen LogP contribution in [0, 0.1) is 5.82 Å². The zero-order valence-corrected chi connectivity index (χ0v) is 18.9. The van der Waals surface area contributed by atoms with E-state index >= 15 is 0 Å². The number of nitrogens with zero attached hydrogens (tertiary/aromatic N) is 3. The van der Waals surface area contributed by atoms with Crippen molar-refractivity contribution < 1.29 is 9.18 Å². The van der Waals surface area contributed by atoms with Crippen molar-refractivity contribution in [3.05, 3.63) is 65.6 Å². The number of unbranched alkanes of at least 4 members (excludes halogenated alkanes) is 1. The van der Waals surface area contributed by atoms with Gasteiger partial charge in [0.25, 0.3) is 0 Å². The highest BCUT2D eigenvalue weighted by Crippen LogP contribution is 2.34. The van der Waals surface area contributed by atoms with E-state index in [-0.39, 0.29) is 11.7 Å². The number of piperidine rings is 1. The molecule has 4 nitrogen and oxygen atoms in total. The maximum atomic E-state index is 13.8. The van der Waals surface area contributed by atoms with Crippen LogP contribution in [-0.4, -0.2) is 41.6 Å². The highest BCUT2D eigenvalue weighted by molar-refractivity contribution is 5.96. The molecule has 168 valence electrons. The number of amides is 1. The van der Waals surface area contributed by atoms with Crippen LogP contribution in [0.4, 0.5) is 10.1 Å². The van der Waals surface area contributed by atoms with Crippen LogP contribution in [0.2, 0.25) is 0 Å². The molecule has 0 atom stereocenters. The fourth-order valence-electron chi connectivity index (χ4n) is 5.53. The molecule has 32 heavy (non-hydrogen) atoms. The molecule has 0 bridgehead atoms. The number of fused-ring (bicyclic) bond motifs is 2. The SMILES string of the molecule is Cn1cc(C2CCN(CCCCN3C(=O)CCc4ccccc43)CC2)c2cc(F)ccc21. The van der Waals surface area contributed by atoms with E-state index in [4.69, 9.17) is 0 Å². The number of benzene rings is 2. The zero-order chi connectivity index (χ0) is 22.1. The maximum Gasteiger partial charge on any atom is 0.227 e. The predicted octanol–water partition coefficient (Wildman–Crippen LogP) is 5.26. The van der Waals surface area contributed by atoms with Gasteiger partial charge in [0, 0.05) is 42.8 Å². The minimum Gasteiger partial charge on any atom is -0.350 e. The van der Waals surface area contributed by atoms with Crippen molar-refractivity contribution >= 4 is 22.5 Å². The molecule has 1 amide bonds. The lowest BCUT2D eigenvalue weighted by Crippen LogP contribution is -2.37. The molecule has 0 aliphatic carbocycles. The molecule has 1 saturated heterocycles. The van der Waals surface area contributed by atoms with Gasteiger partial charge in [-0.1, -0.05) is 18.2 Å². The van der Waals surface area contributed by atoms with Gasteiger partial charge < -0.3 is 14.4 Å². The van der Waals surface area contributed by atoms with E-state index in [0.29, 0.717) is 12.3 Å². The van der Waals surface area contributed by atoms with E-state index < -0.39 is 0 Å². The summed E-state index contributed by atoms with van der Waals surface area (Å²) in [4.78, 5) is 17.0. The summed E-state index contributed by atoms with van der Waals surface area (Å²) in [6.07, 6.45) is 8.06. The number of carbonyl (C=O) groups excluding carboxylic acids is 1. The van der Waals surface area contributed by atoms with Crippen molar-refractivity contribution in [2.75, 3.05) is 31.1 Å². The molecule has 0 unspecified atom stereocenters. The molecule has 0 radical (unpaired) electrons. The third kappa shape index (κ3) is 4.18. The Bertz CT molecular complexity index is 1110. The average Bonchev–Trinajstić information content (AvgIpc) is 3.13. The number of para-hydroxylation sites is 1. The summed E-state index contributed by atoms with van der Waals surface area (Å²) in [6, 6.07) is 13.4. The molecule has 2 aliphatic rings. The van der Waals surface area contributed by atoms with Gasteiger partial charge in [-0.05, 0) is 93.0 Å². The average molecular weight is 434 g/mol. The van der Waals surface area contributed by atoms with Crippen LogP contribution in [0.1, 0.15) is 49.1 Å². The van der Waals surface area contributed by atoms with Gasteiger partial charge in [-0.2, -0.15) is 0 Å². The second-order valence-electron chi connectivity index (χ2n) is 9.35. The van der Waals surface area contributed by atoms with Gasteiger partial charge in [-0.15, -0.1) is 0 Å². The molecule has 3 aromatic rings. The number of carbonyl (C=O) groups is 1. The van der Waals surface area contributed by atoms with Crippen LogP contribution < -0.4 is 4.90 Å². The van der Waals surface area contributed by atoms with Gasteiger partial charge in [0.1, 0.15) is 5.82 Å². The van der Waals surface area contributed by atoms with Crippen molar-refractivity contribution in [3.8, 4) is 0 Å². The Morgan fingerprint density at radius 1 is 1.00 bits per heavy atom. The number of hydrogen-bond donors (Lipinski definition) is 0. The summed E-state index contributed by atoms with van der Waals surface area (Å²) in [5, 5.41) is 1.07. The number of aromatic nitrogens is 1. The Morgan fingerprint density at radius 3 is 2.62 bits per heavy atom. The minimum absolute atomic E-state index is 0.155. The fourth-order valence-corrected chi connectivity index (χ4v) is 5.53. The van der Waals surface area contributed by atoms with Crippen LogP contribution >= 0.6 is 0 Å². The smallest absolute Gasteiger partial charge is 0.227 e. The molecular weight excluding hydrogens is 401 g/mol. The van der Waals surface area contributed by atoms with E-state index in [1.54, 1.807) is 12.1 Å². The molecule has 1 fully saturated rings. The first kappa shape index (κ1) is 21.2. The van der Waals surface area contributed by atoms with Gasteiger partial charge in [0.05, 0.1) is 0 Å². The topological polar surface area (TPSA) is 28.5 Å². The second-order valence-corrected chi connectivity index (χ2v) is 9.35. The first-order valence-electron chi connectivity index (χ1n) is 12.0. The molecule has 5 heteroatoms. The maximum absolute atomic E-state index is 13.8. The van der Waals surface area contributed by atoms with Crippen molar-refractivity contribution in [2.45, 2.75) is 44.4 Å². The number of likely N-dealkylation sites (tertiary alicyclic amines) is 1. The quantitative estimate of drug-likeness (QED) is 0.496. The summed E-state index contributed by atoms with van der Waals surface area (Å²) >= 11 is 0. The Morgan fingerprint density at radius 2 is 1.78 bits per heavy atom. The Labute approximate surface area is 189 Å². The molecule has 0 spiro atoms. The zero-order valence-electron chi connectivity index (χ0n) is 18.9. The summed E-state index contributed by atoms with van der Waals surface area (Å²) in [5.74, 6) is 0.604. The van der Waals surface area contributed by atoms with Crippen molar-refractivity contribution in [3.63, 3.8) is 0 Å². The van der Waals surface area contributed by atoms with Crippen LogP contribution in [0.15, 0.2) is 48.7 Å². The van der Waals surface area contributed by atoms with Gasteiger partial charge >= 0.3 is 0 Å². The largest absolute Gasteiger partial charge is 0.350 e. The van der Waals surface area contributed by atoms with Crippen LogP contribution in [0.5, 0.6) is 0 Å². The third-order valence-corrected chi connectivity index (χ3v) is 7.31. The summed E-state index contributed by atoms with van der Waals surface area (Å²) in [5.41, 5.74) is 4.81. The summed E-state index contributed by atoms with van der Waals surface area (Å²) < 4.78 is 15.9. The fraction of sp³-hybridized carbons (Fsp3) is 0.444. The monoisotopic (exact) mass is 433 g/mol. The Kier molecular flexibility index (Phi) is 6.01. The first-order chi connectivity index (χ1) is 15.6. The van der Waals surface area contributed by atoms with Crippen LogP contribution in [-0.2, 0) is 18.3 Å². The molecular formula is C27H32FN3O. The summed E-state index contributed by atoms with van der Waals surface area (Å²) in [7, 11) is 2.05. The molecule has 0 saturated carbocycles. The van der Waals surface area contributed by atoms with Crippen LogP contribution in [0.25, 0.3) is 10.9 Å². The lowest BCUT2D eigenvalue weighted by molar-refractivity contribution is -0.118. The molecule has 5 rings (SSSR count). The lowest BCUT2D eigenvalue weighted by Gasteiger charge is -2.32. The third-order valence-electron chi connectivity index (χ3n) is 7.31. The van der Waals surface area contributed by atoms with E-state index in [9.17, 15) is 9.18 Å². The number of rotatable bonds is 6. The predicted molar refractivity (Wildman–Crippen MR) is 128 cm³/mol. The second kappa shape index (κ2) is 9.07. The van der Waals surface area contributed by atoms with Gasteiger partial charge in [0.2, 0.25) is 5.91 Å².